The maximum Gasteiger partial charge on any atom is 0.120 e. The van der Waals surface area contributed by atoms with Crippen molar-refractivity contribution in [1.29, 1.82) is 0 Å². The summed E-state index contributed by atoms with van der Waals surface area (Å²) >= 11 is 2.00. The van der Waals surface area contributed by atoms with Gasteiger partial charge in [0.25, 0.3) is 0 Å². The highest BCUT2D eigenvalue weighted by molar-refractivity contribution is 7.99. The van der Waals surface area contributed by atoms with Gasteiger partial charge >= 0.3 is 0 Å². The van der Waals surface area contributed by atoms with E-state index in [0.717, 1.165) is 16.4 Å². The Bertz CT molecular complexity index is 413. The average molecular weight is 279 g/mol. The van der Waals surface area contributed by atoms with Gasteiger partial charge in [-0.25, -0.2) is 0 Å². The third-order valence-corrected chi connectivity index (χ3v) is 5.28. The van der Waals surface area contributed by atoms with Crippen molar-refractivity contribution >= 4 is 11.8 Å². The Hall–Kier alpha value is -0.670. The fourth-order valence-corrected chi connectivity index (χ4v) is 3.67. The molecule has 1 saturated carbocycles. The van der Waals surface area contributed by atoms with Gasteiger partial charge in [0, 0.05) is 22.9 Å². The average Bonchev–Trinajstić information content (AvgIpc) is 2.39. The quantitative estimate of drug-likeness (QED) is 0.873. The largest absolute Gasteiger partial charge is 0.508 e. The lowest BCUT2D eigenvalue weighted by Gasteiger charge is -2.30. The van der Waals surface area contributed by atoms with Crippen molar-refractivity contribution in [1.82, 2.24) is 5.32 Å². The number of phenolic OH excluding ortho intramolecular Hbond substituents is 1. The minimum Gasteiger partial charge on any atom is -0.508 e. The smallest absolute Gasteiger partial charge is 0.120 e. The Labute approximate surface area is 121 Å². The zero-order valence-electron chi connectivity index (χ0n) is 12.1. The van der Waals surface area contributed by atoms with Crippen molar-refractivity contribution in [2.24, 2.45) is 0 Å². The van der Waals surface area contributed by atoms with Crippen molar-refractivity contribution in [3.63, 3.8) is 0 Å². The van der Waals surface area contributed by atoms with Gasteiger partial charge in [0.05, 0.1) is 0 Å². The summed E-state index contributed by atoms with van der Waals surface area (Å²) in [5.41, 5.74) is 2.12. The summed E-state index contributed by atoms with van der Waals surface area (Å²) in [6, 6.07) is 6.77. The topological polar surface area (TPSA) is 32.3 Å². The van der Waals surface area contributed by atoms with E-state index in [1.807, 2.05) is 30.8 Å². The van der Waals surface area contributed by atoms with E-state index in [9.17, 15) is 5.11 Å². The Morgan fingerprint density at radius 3 is 2.53 bits per heavy atom. The van der Waals surface area contributed by atoms with Crippen molar-refractivity contribution in [2.75, 3.05) is 6.26 Å². The van der Waals surface area contributed by atoms with Gasteiger partial charge in [-0.2, -0.15) is 11.8 Å². The summed E-state index contributed by atoms with van der Waals surface area (Å²) in [5.74, 6) is 0.415. The number of rotatable bonds is 4. The third kappa shape index (κ3) is 3.90. The molecular formula is C16H25NOS. The molecule has 1 atom stereocenters. The van der Waals surface area contributed by atoms with Gasteiger partial charge in [-0.3, -0.25) is 0 Å². The van der Waals surface area contributed by atoms with Crippen LogP contribution in [0.3, 0.4) is 0 Å². The second kappa shape index (κ2) is 6.67. The molecule has 1 aliphatic carbocycles. The van der Waals surface area contributed by atoms with E-state index in [2.05, 4.69) is 24.6 Å². The highest BCUT2D eigenvalue weighted by Crippen LogP contribution is 2.30. The molecule has 0 saturated heterocycles. The van der Waals surface area contributed by atoms with E-state index in [1.165, 1.54) is 25.7 Å². The molecule has 3 heteroatoms. The van der Waals surface area contributed by atoms with E-state index in [-0.39, 0.29) is 6.04 Å². The van der Waals surface area contributed by atoms with Crippen LogP contribution in [0.2, 0.25) is 0 Å². The molecule has 1 aliphatic rings. The first kappa shape index (κ1) is 14.7. The van der Waals surface area contributed by atoms with E-state index in [4.69, 9.17) is 0 Å². The van der Waals surface area contributed by atoms with Crippen molar-refractivity contribution in [3.05, 3.63) is 29.3 Å². The maximum atomic E-state index is 10.0. The molecule has 1 aromatic rings. The molecule has 2 rings (SSSR count). The number of hydrogen-bond acceptors (Lipinski definition) is 3. The molecule has 0 radical (unpaired) electrons. The van der Waals surface area contributed by atoms with Crippen LogP contribution < -0.4 is 5.32 Å². The summed E-state index contributed by atoms with van der Waals surface area (Å²) in [6.45, 7) is 4.15. The molecule has 0 aliphatic heterocycles. The van der Waals surface area contributed by atoms with Crippen LogP contribution in [0.1, 0.15) is 49.8 Å². The van der Waals surface area contributed by atoms with Crippen LogP contribution in [-0.4, -0.2) is 22.7 Å². The molecule has 19 heavy (non-hydrogen) atoms. The lowest BCUT2D eigenvalue weighted by molar-refractivity contribution is 0.347. The van der Waals surface area contributed by atoms with Gasteiger partial charge < -0.3 is 10.4 Å². The van der Waals surface area contributed by atoms with E-state index < -0.39 is 0 Å². The summed E-state index contributed by atoms with van der Waals surface area (Å²) in [5, 5.41) is 14.5. The lowest BCUT2D eigenvalue weighted by Crippen LogP contribution is -2.35. The first-order valence-electron chi connectivity index (χ1n) is 7.18. The Kier molecular flexibility index (Phi) is 5.17. The summed E-state index contributed by atoms with van der Waals surface area (Å²) in [4.78, 5) is 0. The molecule has 106 valence electrons. The summed E-state index contributed by atoms with van der Waals surface area (Å²) < 4.78 is 0. The van der Waals surface area contributed by atoms with Crippen LogP contribution in [-0.2, 0) is 0 Å². The number of benzene rings is 1. The normalized spacial score (nSPS) is 25.2. The predicted octanol–water partition coefficient (Wildman–Crippen LogP) is 4.03. The van der Waals surface area contributed by atoms with Gasteiger partial charge in [-0.15, -0.1) is 0 Å². The Morgan fingerprint density at radius 1 is 1.26 bits per heavy atom. The molecule has 0 spiro atoms. The molecule has 0 amide bonds. The minimum atomic E-state index is 0.219. The summed E-state index contributed by atoms with van der Waals surface area (Å²) in [7, 11) is 0. The maximum absolute atomic E-state index is 10.0. The van der Waals surface area contributed by atoms with Crippen LogP contribution >= 0.6 is 11.8 Å². The first-order chi connectivity index (χ1) is 9.10. The van der Waals surface area contributed by atoms with Gasteiger partial charge in [-0.1, -0.05) is 12.1 Å². The van der Waals surface area contributed by atoms with Crippen molar-refractivity contribution in [2.45, 2.75) is 56.9 Å². The number of thioether (sulfide) groups is 1. The second-order valence-corrected chi connectivity index (χ2v) is 6.80. The molecule has 2 nitrogen and oxygen atoms in total. The summed E-state index contributed by atoms with van der Waals surface area (Å²) in [6.07, 6.45) is 7.34. The fraction of sp³-hybridized carbons (Fsp3) is 0.625. The van der Waals surface area contributed by atoms with Crippen LogP contribution in [0, 0.1) is 6.92 Å². The molecule has 1 unspecified atom stereocenters. The zero-order chi connectivity index (χ0) is 13.8. The number of hydrogen-bond donors (Lipinski definition) is 2. The number of phenols is 1. The molecule has 0 heterocycles. The Morgan fingerprint density at radius 2 is 1.95 bits per heavy atom. The van der Waals surface area contributed by atoms with Crippen LogP contribution in [0.5, 0.6) is 5.75 Å². The van der Waals surface area contributed by atoms with E-state index in [1.54, 1.807) is 0 Å². The highest BCUT2D eigenvalue weighted by atomic mass is 32.2. The molecule has 0 aromatic heterocycles. The van der Waals surface area contributed by atoms with Gasteiger partial charge in [0.1, 0.15) is 5.75 Å². The number of aromatic hydroxyl groups is 1. The van der Waals surface area contributed by atoms with Crippen LogP contribution in [0.4, 0.5) is 0 Å². The molecular weight excluding hydrogens is 254 g/mol. The highest BCUT2D eigenvalue weighted by Gasteiger charge is 2.22. The van der Waals surface area contributed by atoms with Crippen LogP contribution in [0.15, 0.2) is 18.2 Å². The predicted molar refractivity (Wildman–Crippen MR) is 84.0 cm³/mol. The SMILES string of the molecule is CSC1CCC(NC(C)c2ccc(C)cc2O)CC1. The van der Waals surface area contributed by atoms with Crippen LogP contribution in [0.25, 0.3) is 0 Å². The number of aryl methyl sites for hydroxylation is 1. The molecule has 0 bridgehead atoms. The zero-order valence-corrected chi connectivity index (χ0v) is 13.0. The van der Waals surface area contributed by atoms with E-state index in [0.29, 0.717) is 11.8 Å². The molecule has 1 aromatic carbocycles. The van der Waals surface area contributed by atoms with Gasteiger partial charge in [0.15, 0.2) is 0 Å². The monoisotopic (exact) mass is 279 g/mol. The van der Waals surface area contributed by atoms with E-state index >= 15 is 0 Å². The van der Waals surface area contributed by atoms with Crippen molar-refractivity contribution in [3.8, 4) is 5.75 Å². The second-order valence-electron chi connectivity index (χ2n) is 5.66. The standard InChI is InChI=1S/C16H25NOS/c1-11-4-9-15(16(18)10-11)12(2)17-13-5-7-14(19-3)8-6-13/h4,9-10,12-14,17-18H,5-8H2,1-3H3. The first-order valence-corrected chi connectivity index (χ1v) is 8.47. The van der Waals surface area contributed by atoms with Gasteiger partial charge in [0.2, 0.25) is 0 Å². The number of nitrogens with one attached hydrogen (secondary N) is 1. The lowest BCUT2D eigenvalue weighted by atomic mass is 9.93. The molecule has 1 fully saturated rings. The van der Waals surface area contributed by atoms with Gasteiger partial charge in [-0.05, 0) is 57.4 Å². The molecule has 2 N–H and O–H groups in total. The third-order valence-electron chi connectivity index (χ3n) is 4.15. The fourth-order valence-electron chi connectivity index (χ4n) is 2.93. The minimum absolute atomic E-state index is 0.219. The van der Waals surface area contributed by atoms with Crippen molar-refractivity contribution < 1.29 is 5.11 Å². The Balaban J connectivity index is 1.92.